The van der Waals surface area contributed by atoms with Gasteiger partial charge in [-0.3, -0.25) is 0 Å². The largest absolute Gasteiger partial charge is 0.445 e. The third-order valence-corrected chi connectivity index (χ3v) is 4.83. The molecule has 1 aliphatic rings. The van der Waals surface area contributed by atoms with E-state index in [0.29, 0.717) is 26.2 Å². The number of carbonyl (C=O) groups is 1. The van der Waals surface area contributed by atoms with Gasteiger partial charge >= 0.3 is 6.09 Å². The maximum absolute atomic E-state index is 13.7. The number of nitrogens with zero attached hydrogens (tertiary/aromatic N) is 2. The fourth-order valence-electron chi connectivity index (χ4n) is 3.38. The van der Waals surface area contributed by atoms with Crippen molar-refractivity contribution in [2.75, 3.05) is 31.1 Å². The predicted molar refractivity (Wildman–Crippen MR) is 108 cm³/mol. The van der Waals surface area contributed by atoms with Crippen LogP contribution < -0.4 is 10.2 Å². The van der Waals surface area contributed by atoms with Crippen molar-refractivity contribution in [2.45, 2.75) is 12.7 Å². The van der Waals surface area contributed by atoms with Crippen molar-refractivity contribution in [3.63, 3.8) is 0 Å². The second kappa shape index (κ2) is 8.87. The average molecular weight is 395 g/mol. The highest BCUT2D eigenvalue weighted by molar-refractivity contribution is 5.92. The van der Waals surface area contributed by atoms with Crippen LogP contribution in [0.4, 0.5) is 15.0 Å². The van der Waals surface area contributed by atoms with Crippen LogP contribution in [0.5, 0.6) is 0 Å². The summed E-state index contributed by atoms with van der Waals surface area (Å²) in [5.41, 5.74) is 0.928. The number of benzene rings is 2. The van der Waals surface area contributed by atoms with Crippen LogP contribution in [0.1, 0.15) is 5.56 Å². The SMILES string of the molecule is O=C(NCC1CN(c2nccc3ccc(F)cc23)CCO1)OCc1ccccc1. The molecule has 0 aliphatic carbocycles. The molecule has 2 heterocycles. The van der Waals surface area contributed by atoms with Crippen LogP contribution in [0.25, 0.3) is 10.8 Å². The van der Waals surface area contributed by atoms with Crippen molar-refractivity contribution in [1.82, 2.24) is 10.3 Å². The average Bonchev–Trinajstić information content (AvgIpc) is 2.76. The number of rotatable bonds is 5. The van der Waals surface area contributed by atoms with Gasteiger partial charge in [-0.15, -0.1) is 0 Å². The van der Waals surface area contributed by atoms with Gasteiger partial charge in [0.1, 0.15) is 18.2 Å². The van der Waals surface area contributed by atoms with E-state index in [9.17, 15) is 9.18 Å². The fourth-order valence-corrected chi connectivity index (χ4v) is 3.38. The molecule has 0 bridgehead atoms. The Labute approximate surface area is 168 Å². The summed E-state index contributed by atoms with van der Waals surface area (Å²) in [7, 11) is 0. The number of pyridine rings is 1. The van der Waals surface area contributed by atoms with Gasteiger partial charge in [0.05, 0.1) is 12.7 Å². The molecule has 4 rings (SSSR count). The summed E-state index contributed by atoms with van der Waals surface area (Å²) < 4.78 is 24.7. The number of amides is 1. The van der Waals surface area contributed by atoms with Gasteiger partial charge in [-0.2, -0.15) is 0 Å². The molecule has 1 saturated heterocycles. The Balaban J connectivity index is 1.34. The molecule has 29 heavy (non-hydrogen) atoms. The summed E-state index contributed by atoms with van der Waals surface area (Å²) in [4.78, 5) is 18.5. The van der Waals surface area contributed by atoms with Crippen LogP contribution in [-0.4, -0.2) is 43.4 Å². The monoisotopic (exact) mass is 395 g/mol. The number of morpholine rings is 1. The Kier molecular flexibility index (Phi) is 5.86. The van der Waals surface area contributed by atoms with Crippen LogP contribution in [-0.2, 0) is 16.1 Å². The molecular formula is C22H22FN3O3. The second-order valence-corrected chi connectivity index (χ2v) is 6.88. The molecule has 7 heteroatoms. The zero-order chi connectivity index (χ0) is 20.1. The molecule has 1 amide bonds. The van der Waals surface area contributed by atoms with E-state index in [4.69, 9.17) is 9.47 Å². The van der Waals surface area contributed by atoms with Gasteiger partial charge in [0.15, 0.2) is 0 Å². The maximum Gasteiger partial charge on any atom is 0.407 e. The number of hydrogen-bond acceptors (Lipinski definition) is 5. The van der Waals surface area contributed by atoms with Crippen molar-refractivity contribution in [1.29, 1.82) is 0 Å². The van der Waals surface area contributed by atoms with E-state index in [1.54, 1.807) is 12.3 Å². The molecule has 1 unspecified atom stereocenters. The second-order valence-electron chi connectivity index (χ2n) is 6.88. The van der Waals surface area contributed by atoms with E-state index in [0.717, 1.165) is 22.2 Å². The molecule has 6 nitrogen and oxygen atoms in total. The highest BCUT2D eigenvalue weighted by atomic mass is 19.1. The van der Waals surface area contributed by atoms with E-state index in [1.165, 1.54) is 12.1 Å². The molecule has 0 radical (unpaired) electrons. The Morgan fingerprint density at radius 2 is 2.10 bits per heavy atom. The molecule has 1 aromatic heterocycles. The highest BCUT2D eigenvalue weighted by Gasteiger charge is 2.23. The highest BCUT2D eigenvalue weighted by Crippen LogP contribution is 2.26. The van der Waals surface area contributed by atoms with Gasteiger partial charge in [0, 0.05) is 31.2 Å². The van der Waals surface area contributed by atoms with E-state index in [2.05, 4.69) is 15.2 Å². The molecule has 150 valence electrons. The van der Waals surface area contributed by atoms with Gasteiger partial charge in [0.2, 0.25) is 0 Å². The molecule has 0 saturated carbocycles. The number of fused-ring (bicyclic) bond motifs is 1. The number of aromatic nitrogens is 1. The zero-order valence-corrected chi connectivity index (χ0v) is 15.9. The summed E-state index contributed by atoms with van der Waals surface area (Å²) in [6.07, 6.45) is 1.03. The lowest BCUT2D eigenvalue weighted by Gasteiger charge is -2.34. The van der Waals surface area contributed by atoms with Crippen LogP contribution in [0.2, 0.25) is 0 Å². The lowest BCUT2D eigenvalue weighted by atomic mass is 10.1. The van der Waals surface area contributed by atoms with Gasteiger partial charge in [-0.25, -0.2) is 14.2 Å². The number of ether oxygens (including phenoxy) is 2. The molecule has 1 atom stereocenters. The van der Waals surface area contributed by atoms with Crippen molar-refractivity contribution < 1.29 is 18.7 Å². The Morgan fingerprint density at radius 1 is 1.24 bits per heavy atom. The van der Waals surface area contributed by atoms with Crippen LogP contribution in [0, 0.1) is 5.82 Å². The first kappa shape index (κ1) is 19.1. The fraction of sp³-hybridized carbons (Fsp3) is 0.273. The summed E-state index contributed by atoms with van der Waals surface area (Å²) in [5, 5.41) is 4.45. The molecule has 3 aromatic rings. The van der Waals surface area contributed by atoms with Crippen molar-refractivity contribution in [3.05, 3.63) is 72.2 Å². The van der Waals surface area contributed by atoms with E-state index >= 15 is 0 Å². The third-order valence-electron chi connectivity index (χ3n) is 4.83. The minimum atomic E-state index is -0.486. The Morgan fingerprint density at radius 3 is 2.97 bits per heavy atom. The van der Waals surface area contributed by atoms with E-state index in [1.807, 2.05) is 36.4 Å². The standard InChI is InChI=1S/C22H22FN3O3/c23-18-7-6-17-8-9-24-21(20(17)12-18)26-10-11-28-19(14-26)13-25-22(27)29-15-16-4-2-1-3-5-16/h1-9,12,19H,10-11,13-15H2,(H,25,27). The number of hydrogen-bond donors (Lipinski definition) is 1. The van der Waals surface area contributed by atoms with Gasteiger partial charge in [-0.05, 0) is 29.1 Å². The van der Waals surface area contributed by atoms with Crippen LogP contribution >= 0.6 is 0 Å². The lowest BCUT2D eigenvalue weighted by Crippen LogP contribution is -2.48. The van der Waals surface area contributed by atoms with Crippen LogP contribution in [0.15, 0.2) is 60.8 Å². The summed E-state index contributed by atoms with van der Waals surface area (Å²) >= 11 is 0. The van der Waals surface area contributed by atoms with Gasteiger partial charge in [0.25, 0.3) is 0 Å². The number of alkyl carbamates (subject to hydrolysis) is 1. The van der Waals surface area contributed by atoms with Crippen molar-refractivity contribution >= 4 is 22.7 Å². The molecule has 1 fully saturated rings. The van der Waals surface area contributed by atoms with E-state index in [-0.39, 0.29) is 18.5 Å². The number of anilines is 1. The molecule has 2 aromatic carbocycles. The van der Waals surface area contributed by atoms with Crippen LogP contribution in [0.3, 0.4) is 0 Å². The first-order chi connectivity index (χ1) is 14.2. The zero-order valence-electron chi connectivity index (χ0n) is 15.9. The van der Waals surface area contributed by atoms with E-state index < -0.39 is 6.09 Å². The van der Waals surface area contributed by atoms with Gasteiger partial charge in [-0.1, -0.05) is 36.4 Å². The summed E-state index contributed by atoms with van der Waals surface area (Å²) in [6, 6.07) is 16.1. The van der Waals surface area contributed by atoms with Gasteiger partial charge < -0.3 is 19.7 Å². The molecule has 1 N–H and O–H groups in total. The Hall–Kier alpha value is -3.19. The normalized spacial score (nSPS) is 16.6. The number of halogens is 1. The predicted octanol–water partition coefficient (Wildman–Crippen LogP) is 3.51. The minimum Gasteiger partial charge on any atom is -0.445 e. The first-order valence-corrected chi connectivity index (χ1v) is 9.54. The molecule has 1 aliphatic heterocycles. The molecule has 0 spiro atoms. The minimum absolute atomic E-state index is 0.210. The topological polar surface area (TPSA) is 63.7 Å². The van der Waals surface area contributed by atoms with Crippen molar-refractivity contribution in [3.8, 4) is 0 Å². The summed E-state index contributed by atoms with van der Waals surface area (Å²) in [6.45, 7) is 2.23. The first-order valence-electron chi connectivity index (χ1n) is 9.54. The smallest absolute Gasteiger partial charge is 0.407 e. The quantitative estimate of drug-likeness (QED) is 0.716. The summed E-state index contributed by atoms with van der Waals surface area (Å²) in [5.74, 6) is 0.432. The molecular weight excluding hydrogens is 373 g/mol. The lowest BCUT2D eigenvalue weighted by molar-refractivity contribution is 0.0391. The van der Waals surface area contributed by atoms with Crippen molar-refractivity contribution in [2.24, 2.45) is 0 Å². The third kappa shape index (κ3) is 4.81. The number of carbonyl (C=O) groups excluding carboxylic acids is 1. The maximum atomic E-state index is 13.7. The Bertz CT molecular complexity index is 983. The number of nitrogens with one attached hydrogen (secondary N) is 1.